The van der Waals surface area contributed by atoms with E-state index < -0.39 is 20.8 Å². The Morgan fingerprint density at radius 1 is 1.70 bits per heavy atom. The molecular formula is C2H4NO5S2-. The third-order valence-corrected chi connectivity index (χ3v) is 2.35. The van der Waals surface area contributed by atoms with Gasteiger partial charge in [-0.3, -0.25) is 10.0 Å². The topological polar surface area (TPSA) is 107 Å². The van der Waals surface area contributed by atoms with Crippen LogP contribution in [0, 0.1) is 0 Å². The van der Waals surface area contributed by atoms with Gasteiger partial charge in [-0.25, -0.2) is 13.9 Å². The Morgan fingerprint density at radius 2 is 2.20 bits per heavy atom. The molecule has 0 spiro atoms. The van der Waals surface area contributed by atoms with Gasteiger partial charge in [0.25, 0.3) is 5.91 Å². The average molecular weight is 186 g/mol. The molecule has 60 valence electrons. The predicted molar refractivity (Wildman–Crippen MR) is 32.1 cm³/mol. The van der Waals surface area contributed by atoms with Crippen LogP contribution in [0.3, 0.4) is 0 Å². The second-order valence-electron chi connectivity index (χ2n) is 1.21. The largest absolute Gasteiger partial charge is 0.739 e. The van der Waals surface area contributed by atoms with Gasteiger partial charge in [0.1, 0.15) is 9.15 Å². The minimum absolute atomic E-state index is 0.0891. The molecule has 1 amide bonds. The van der Waals surface area contributed by atoms with E-state index in [1.54, 1.807) is 0 Å². The van der Waals surface area contributed by atoms with Crippen molar-refractivity contribution in [1.82, 2.24) is 5.48 Å². The molecular weight excluding hydrogens is 182 g/mol. The standard InChI is InChI=1S/C2H5NO5S2/c4-2(3-5)1-9-10(6,7)8/h5H,1H2,(H,3,4)(H,6,7,8)/p-1. The fourth-order valence-corrected chi connectivity index (χ4v) is 1.23. The molecule has 0 heterocycles. The minimum Gasteiger partial charge on any atom is -0.739 e. The normalized spacial score (nSPS) is 11.0. The van der Waals surface area contributed by atoms with Crippen molar-refractivity contribution in [3.05, 3.63) is 0 Å². The van der Waals surface area contributed by atoms with E-state index in [0.717, 1.165) is 0 Å². The lowest BCUT2D eigenvalue weighted by molar-refractivity contribution is -0.126. The first-order valence-corrected chi connectivity index (χ1v) is 4.90. The van der Waals surface area contributed by atoms with Gasteiger partial charge in [-0.2, -0.15) is 0 Å². The summed E-state index contributed by atoms with van der Waals surface area (Å²) < 4.78 is 29.4. The summed E-state index contributed by atoms with van der Waals surface area (Å²) in [5, 5.41) is 7.82. The molecule has 0 aromatic heterocycles. The Bertz CT molecular complexity index is 208. The quantitative estimate of drug-likeness (QED) is 0.245. The molecule has 0 aliphatic heterocycles. The minimum atomic E-state index is -4.43. The molecule has 0 saturated heterocycles. The summed E-state index contributed by atoms with van der Waals surface area (Å²) in [4.78, 5) is 10.1. The van der Waals surface area contributed by atoms with E-state index in [-0.39, 0.29) is 10.8 Å². The van der Waals surface area contributed by atoms with Gasteiger partial charge in [-0.1, -0.05) is 0 Å². The molecule has 0 fully saturated rings. The molecule has 0 radical (unpaired) electrons. The summed E-state index contributed by atoms with van der Waals surface area (Å²) in [5.74, 6) is -1.52. The highest BCUT2D eigenvalue weighted by Crippen LogP contribution is 2.06. The smallest absolute Gasteiger partial charge is 0.254 e. The molecule has 0 bridgehead atoms. The van der Waals surface area contributed by atoms with Crippen LogP contribution >= 0.6 is 10.8 Å². The van der Waals surface area contributed by atoms with Gasteiger partial charge in [0.05, 0.1) is 5.75 Å². The number of carbonyl (C=O) groups is 1. The molecule has 0 aromatic rings. The summed E-state index contributed by atoms with van der Waals surface area (Å²) in [6.45, 7) is 0. The van der Waals surface area contributed by atoms with Gasteiger partial charge in [-0.05, 0) is 10.8 Å². The van der Waals surface area contributed by atoms with Crippen LogP contribution < -0.4 is 5.48 Å². The van der Waals surface area contributed by atoms with Gasteiger partial charge in [0, 0.05) is 0 Å². The van der Waals surface area contributed by atoms with Gasteiger partial charge < -0.3 is 4.55 Å². The Labute approximate surface area is 60.7 Å². The third kappa shape index (κ3) is 5.82. The molecule has 8 heteroatoms. The fraction of sp³-hybridized carbons (Fsp3) is 0.500. The van der Waals surface area contributed by atoms with Crippen LogP contribution in [0.25, 0.3) is 0 Å². The highest BCUT2D eigenvalue weighted by molar-refractivity contribution is 8.70. The van der Waals surface area contributed by atoms with E-state index in [9.17, 15) is 17.8 Å². The molecule has 0 atom stereocenters. The van der Waals surface area contributed by atoms with Crippen molar-refractivity contribution in [1.29, 1.82) is 0 Å². The molecule has 0 unspecified atom stereocenters. The number of carbonyl (C=O) groups excluding carboxylic acids is 1. The average Bonchev–Trinajstić information content (AvgIpc) is 1.81. The lowest BCUT2D eigenvalue weighted by Crippen LogP contribution is -2.21. The van der Waals surface area contributed by atoms with Gasteiger partial charge in [-0.15, -0.1) is 0 Å². The van der Waals surface area contributed by atoms with Crippen LogP contribution in [-0.2, 0) is 13.9 Å². The first kappa shape index (κ1) is 9.69. The Kier molecular flexibility index (Phi) is 3.64. The van der Waals surface area contributed by atoms with Crippen molar-refractivity contribution in [2.75, 3.05) is 5.75 Å². The van der Waals surface area contributed by atoms with Crippen LogP contribution in [0.15, 0.2) is 0 Å². The zero-order valence-corrected chi connectivity index (χ0v) is 6.24. The van der Waals surface area contributed by atoms with Crippen molar-refractivity contribution in [2.45, 2.75) is 0 Å². The second kappa shape index (κ2) is 3.76. The predicted octanol–water partition coefficient (Wildman–Crippen LogP) is -1.31. The van der Waals surface area contributed by atoms with Gasteiger partial charge in [0.15, 0.2) is 0 Å². The summed E-state index contributed by atoms with van der Waals surface area (Å²) >= 11 is 0. The van der Waals surface area contributed by atoms with E-state index in [1.165, 1.54) is 5.48 Å². The van der Waals surface area contributed by atoms with Crippen molar-refractivity contribution in [3.8, 4) is 0 Å². The first-order chi connectivity index (χ1) is 4.45. The van der Waals surface area contributed by atoms with Crippen molar-refractivity contribution in [2.24, 2.45) is 0 Å². The van der Waals surface area contributed by atoms with E-state index in [4.69, 9.17) is 5.21 Å². The maximum absolute atomic E-state index is 10.1. The molecule has 0 saturated carbocycles. The van der Waals surface area contributed by atoms with Crippen molar-refractivity contribution < 1.29 is 23.0 Å². The highest BCUT2D eigenvalue weighted by atomic mass is 33.1. The first-order valence-electron chi connectivity index (χ1n) is 1.99. The zero-order chi connectivity index (χ0) is 8.20. The number of hydrogen-bond donors (Lipinski definition) is 2. The summed E-state index contributed by atoms with van der Waals surface area (Å²) in [5.41, 5.74) is 1.17. The molecule has 0 rings (SSSR count). The summed E-state index contributed by atoms with van der Waals surface area (Å²) in [7, 11) is -4.52. The number of hydrogen-bond acceptors (Lipinski definition) is 6. The molecule has 0 aromatic carbocycles. The van der Waals surface area contributed by atoms with Crippen molar-refractivity contribution in [3.63, 3.8) is 0 Å². The number of nitrogens with one attached hydrogen (secondary N) is 1. The number of hydroxylamine groups is 1. The highest BCUT2D eigenvalue weighted by Gasteiger charge is 2.02. The molecule has 6 nitrogen and oxygen atoms in total. The lowest BCUT2D eigenvalue weighted by Gasteiger charge is -2.02. The third-order valence-electron chi connectivity index (χ3n) is 0.459. The molecule has 2 N–H and O–H groups in total. The van der Waals surface area contributed by atoms with Crippen LogP contribution in [-0.4, -0.2) is 29.8 Å². The molecule has 0 aliphatic rings. The number of rotatable bonds is 3. The van der Waals surface area contributed by atoms with Crippen molar-refractivity contribution >= 4 is 25.9 Å². The lowest BCUT2D eigenvalue weighted by atomic mass is 10.8. The van der Waals surface area contributed by atoms with Gasteiger partial charge >= 0.3 is 0 Å². The second-order valence-corrected chi connectivity index (χ2v) is 4.48. The Morgan fingerprint density at radius 3 is 2.50 bits per heavy atom. The van der Waals surface area contributed by atoms with Crippen LogP contribution in [0.5, 0.6) is 0 Å². The van der Waals surface area contributed by atoms with Gasteiger partial charge in [0.2, 0.25) is 0 Å². The van der Waals surface area contributed by atoms with E-state index in [0.29, 0.717) is 0 Å². The van der Waals surface area contributed by atoms with E-state index in [2.05, 4.69) is 0 Å². The zero-order valence-electron chi connectivity index (χ0n) is 4.60. The van der Waals surface area contributed by atoms with Crippen LogP contribution in [0.4, 0.5) is 0 Å². The van der Waals surface area contributed by atoms with E-state index >= 15 is 0 Å². The summed E-state index contributed by atoms with van der Waals surface area (Å²) in [6, 6.07) is 0. The Hall–Kier alpha value is -0.310. The number of amides is 1. The van der Waals surface area contributed by atoms with Crippen LogP contribution in [0.2, 0.25) is 0 Å². The fourth-order valence-electron chi connectivity index (χ4n) is 0.158. The monoisotopic (exact) mass is 186 g/mol. The van der Waals surface area contributed by atoms with Crippen LogP contribution in [0.1, 0.15) is 0 Å². The SMILES string of the molecule is O=C(CSS(=O)(=O)[O-])NO. The van der Waals surface area contributed by atoms with E-state index in [1.807, 2.05) is 0 Å². The molecule has 10 heavy (non-hydrogen) atoms. The Balaban J connectivity index is 3.67. The summed E-state index contributed by atoms with van der Waals surface area (Å²) in [6.07, 6.45) is 0. The maximum atomic E-state index is 10.1. The molecule has 0 aliphatic carbocycles. The maximum Gasteiger partial charge on any atom is 0.254 e.